The summed E-state index contributed by atoms with van der Waals surface area (Å²) in [5.41, 5.74) is 4.59. The Labute approximate surface area is 235 Å². The number of benzene rings is 4. The highest BCUT2D eigenvalue weighted by atomic mass is 16.5. The predicted molar refractivity (Wildman–Crippen MR) is 155 cm³/mol. The van der Waals surface area contributed by atoms with Crippen molar-refractivity contribution in [2.24, 2.45) is 0 Å². The topological polar surface area (TPSA) is 91.2 Å². The molecule has 0 fully saturated rings. The molecule has 0 saturated heterocycles. The average Bonchev–Trinajstić information content (AvgIpc) is 2.98. The van der Waals surface area contributed by atoms with Gasteiger partial charge in [0.2, 0.25) is 11.8 Å². The van der Waals surface area contributed by atoms with Gasteiger partial charge in [-0.25, -0.2) is 0 Å². The van der Waals surface area contributed by atoms with Crippen LogP contribution in [0.2, 0.25) is 0 Å². The van der Waals surface area contributed by atoms with Gasteiger partial charge in [0.15, 0.2) is 0 Å². The van der Waals surface area contributed by atoms with Crippen molar-refractivity contribution in [1.29, 1.82) is 5.26 Å². The lowest BCUT2D eigenvalue weighted by atomic mass is 9.90. The lowest BCUT2D eigenvalue weighted by molar-refractivity contribution is -0.129. The quantitative estimate of drug-likeness (QED) is 0.267. The number of carbonyl (C=O) groups is 2. The molecular weight excluding hydrogens is 498 g/mol. The molecule has 0 saturated carbocycles. The minimum absolute atomic E-state index is 0.0267. The van der Waals surface area contributed by atoms with E-state index < -0.39 is 23.9 Å². The third kappa shape index (κ3) is 8.13. The largest absolute Gasteiger partial charge is 0.374 e. The molecule has 0 aliphatic carbocycles. The van der Waals surface area contributed by atoms with Crippen LogP contribution in [-0.2, 0) is 27.4 Å². The molecule has 2 atom stereocenters. The predicted octanol–water partition coefficient (Wildman–Crippen LogP) is 5.08. The van der Waals surface area contributed by atoms with Crippen molar-refractivity contribution in [3.8, 4) is 6.07 Å². The van der Waals surface area contributed by atoms with Crippen LogP contribution in [0.25, 0.3) is 0 Å². The molecule has 4 rings (SSSR count). The number of ether oxygens (including phenoxy) is 1. The van der Waals surface area contributed by atoms with E-state index in [9.17, 15) is 14.9 Å². The van der Waals surface area contributed by atoms with Crippen molar-refractivity contribution in [2.75, 3.05) is 6.61 Å². The molecule has 6 heteroatoms. The van der Waals surface area contributed by atoms with Gasteiger partial charge in [0.1, 0.15) is 12.1 Å². The van der Waals surface area contributed by atoms with Crippen LogP contribution >= 0.6 is 0 Å². The van der Waals surface area contributed by atoms with E-state index in [4.69, 9.17) is 4.74 Å². The lowest BCUT2D eigenvalue weighted by Crippen LogP contribution is -2.52. The number of amides is 2. The van der Waals surface area contributed by atoms with E-state index in [1.807, 2.05) is 122 Å². The average molecular weight is 532 g/mol. The number of nitrogens with one attached hydrogen (secondary N) is 2. The molecule has 4 aromatic rings. The minimum atomic E-state index is -0.894. The van der Waals surface area contributed by atoms with Gasteiger partial charge in [0.25, 0.3) is 0 Å². The third-order valence-corrected chi connectivity index (χ3v) is 6.55. The molecule has 2 N–H and O–H groups in total. The smallest absolute Gasteiger partial charge is 0.244 e. The van der Waals surface area contributed by atoms with Crippen LogP contribution in [0.15, 0.2) is 115 Å². The SMILES string of the molecule is Cc1cccc(C[C@H](NC(=O)C(c2ccccc2)c2ccccc2)C(=O)N[C@H](C#N)COCc2ccccc2)c1. The van der Waals surface area contributed by atoms with E-state index in [0.29, 0.717) is 6.61 Å². The molecule has 0 aromatic heterocycles. The first-order chi connectivity index (χ1) is 19.5. The minimum Gasteiger partial charge on any atom is -0.374 e. The first-order valence-corrected chi connectivity index (χ1v) is 13.3. The van der Waals surface area contributed by atoms with Crippen LogP contribution in [0.5, 0.6) is 0 Å². The molecule has 0 aliphatic heterocycles. The van der Waals surface area contributed by atoms with E-state index in [2.05, 4.69) is 16.7 Å². The second-order valence-electron chi connectivity index (χ2n) is 9.70. The van der Waals surface area contributed by atoms with Crippen LogP contribution < -0.4 is 10.6 Å². The molecule has 6 nitrogen and oxygen atoms in total. The Morgan fingerprint density at radius 3 is 1.90 bits per heavy atom. The summed E-state index contributed by atoms with van der Waals surface area (Å²) in [6.45, 7) is 2.33. The van der Waals surface area contributed by atoms with Crippen LogP contribution in [0.4, 0.5) is 0 Å². The van der Waals surface area contributed by atoms with Gasteiger partial charge >= 0.3 is 0 Å². The van der Waals surface area contributed by atoms with Crippen LogP contribution in [0.1, 0.15) is 33.7 Å². The number of hydrogen-bond donors (Lipinski definition) is 2. The molecule has 202 valence electrons. The van der Waals surface area contributed by atoms with Crippen molar-refractivity contribution in [2.45, 2.75) is 38.0 Å². The van der Waals surface area contributed by atoms with E-state index >= 15 is 0 Å². The summed E-state index contributed by atoms with van der Waals surface area (Å²) in [5.74, 6) is -1.33. The normalized spacial score (nSPS) is 12.2. The molecular formula is C34H33N3O3. The fourth-order valence-electron chi connectivity index (χ4n) is 4.58. The molecule has 0 heterocycles. The van der Waals surface area contributed by atoms with Gasteiger partial charge in [-0.2, -0.15) is 5.26 Å². The van der Waals surface area contributed by atoms with E-state index in [1.54, 1.807) is 0 Å². The van der Waals surface area contributed by atoms with Gasteiger partial charge in [-0.15, -0.1) is 0 Å². The van der Waals surface area contributed by atoms with Gasteiger partial charge in [0.05, 0.1) is 25.2 Å². The standard InChI is InChI=1S/C34H33N3O3/c1-25-12-11-15-27(20-25)21-31(33(38)36-30(22-35)24-40-23-26-13-5-2-6-14-26)37-34(39)32(28-16-7-3-8-17-28)29-18-9-4-10-19-29/h2-20,30-32H,21,23-24H2,1H3,(H,36,38)(H,37,39)/t30-,31+/m1/s1. The summed E-state index contributed by atoms with van der Waals surface area (Å²) in [6.07, 6.45) is 0.276. The first-order valence-electron chi connectivity index (χ1n) is 13.3. The fourth-order valence-corrected chi connectivity index (χ4v) is 4.58. The monoisotopic (exact) mass is 531 g/mol. The van der Waals surface area contributed by atoms with Crippen molar-refractivity contribution >= 4 is 11.8 Å². The summed E-state index contributed by atoms with van der Waals surface area (Å²) < 4.78 is 5.70. The Balaban J connectivity index is 1.52. The zero-order valence-electron chi connectivity index (χ0n) is 22.5. The van der Waals surface area contributed by atoms with Crippen molar-refractivity contribution < 1.29 is 14.3 Å². The molecule has 0 unspecified atom stereocenters. The van der Waals surface area contributed by atoms with Crippen LogP contribution in [0.3, 0.4) is 0 Å². The van der Waals surface area contributed by atoms with Gasteiger partial charge < -0.3 is 15.4 Å². The molecule has 0 aliphatic rings. The van der Waals surface area contributed by atoms with Crippen LogP contribution in [-0.4, -0.2) is 30.5 Å². The van der Waals surface area contributed by atoms with Crippen LogP contribution in [0, 0.1) is 18.3 Å². The highest BCUT2D eigenvalue weighted by molar-refractivity contribution is 5.92. The zero-order chi connectivity index (χ0) is 28.2. The first kappa shape index (κ1) is 28.3. The number of nitriles is 1. The summed E-state index contributed by atoms with van der Waals surface area (Å²) in [7, 11) is 0. The Morgan fingerprint density at radius 2 is 1.32 bits per heavy atom. The Kier molecular flexibility index (Phi) is 10.2. The fraction of sp³-hybridized carbons (Fsp3) is 0.206. The zero-order valence-corrected chi connectivity index (χ0v) is 22.5. The van der Waals surface area contributed by atoms with Gasteiger partial charge in [-0.05, 0) is 29.2 Å². The highest BCUT2D eigenvalue weighted by Gasteiger charge is 2.29. The summed E-state index contributed by atoms with van der Waals surface area (Å²) in [4.78, 5) is 27.4. The van der Waals surface area contributed by atoms with Crippen molar-refractivity contribution in [1.82, 2.24) is 10.6 Å². The van der Waals surface area contributed by atoms with E-state index in [1.165, 1.54) is 0 Å². The highest BCUT2D eigenvalue weighted by Crippen LogP contribution is 2.25. The summed E-state index contributed by atoms with van der Waals surface area (Å²) >= 11 is 0. The Hall–Kier alpha value is -4.73. The molecule has 0 bridgehead atoms. The maximum absolute atomic E-state index is 13.8. The van der Waals surface area contributed by atoms with Gasteiger partial charge in [-0.3, -0.25) is 9.59 Å². The molecule has 2 amide bonds. The lowest BCUT2D eigenvalue weighted by Gasteiger charge is -2.24. The summed E-state index contributed by atoms with van der Waals surface area (Å²) in [5, 5.41) is 15.5. The van der Waals surface area contributed by atoms with E-state index in [-0.39, 0.29) is 18.9 Å². The molecule has 40 heavy (non-hydrogen) atoms. The number of nitrogens with zero attached hydrogens (tertiary/aromatic N) is 1. The van der Waals surface area contributed by atoms with E-state index in [0.717, 1.165) is 27.8 Å². The van der Waals surface area contributed by atoms with Gasteiger partial charge in [-0.1, -0.05) is 121 Å². The molecule has 0 spiro atoms. The number of rotatable bonds is 12. The maximum Gasteiger partial charge on any atom is 0.244 e. The number of aryl methyl sites for hydroxylation is 1. The summed E-state index contributed by atoms with van der Waals surface area (Å²) in [6, 6.07) is 36.8. The van der Waals surface area contributed by atoms with Gasteiger partial charge in [0, 0.05) is 6.42 Å². The van der Waals surface area contributed by atoms with Crippen molar-refractivity contribution in [3.05, 3.63) is 143 Å². The van der Waals surface area contributed by atoms with Crippen molar-refractivity contribution in [3.63, 3.8) is 0 Å². The Bertz CT molecular complexity index is 1380. The maximum atomic E-state index is 13.8. The second kappa shape index (κ2) is 14.4. The number of hydrogen-bond acceptors (Lipinski definition) is 4. The number of carbonyl (C=O) groups excluding carboxylic acids is 2. The molecule has 0 radical (unpaired) electrons. The third-order valence-electron chi connectivity index (χ3n) is 6.55. The molecule has 4 aromatic carbocycles. The second-order valence-corrected chi connectivity index (χ2v) is 9.70. The Morgan fingerprint density at radius 1 is 0.750 bits per heavy atom.